The van der Waals surface area contributed by atoms with Gasteiger partial charge in [-0.3, -0.25) is 9.59 Å². The highest BCUT2D eigenvalue weighted by Gasteiger charge is 2.05. The fourth-order valence-electron chi connectivity index (χ4n) is 2.05. The van der Waals surface area contributed by atoms with Crippen LogP contribution in [-0.2, 0) is 24.8 Å². The molecule has 1 aromatic heterocycles. The molecule has 0 aliphatic carbocycles. The molecular weight excluding hydrogens is 252 g/mol. The lowest BCUT2D eigenvalue weighted by Gasteiger charge is -2.06. The fraction of sp³-hybridized carbons (Fsp3) is 0.250. The lowest BCUT2D eigenvalue weighted by atomic mass is 10.1. The van der Waals surface area contributed by atoms with Crippen molar-refractivity contribution in [2.45, 2.75) is 19.9 Å². The van der Waals surface area contributed by atoms with Crippen LogP contribution in [0.2, 0.25) is 0 Å². The van der Waals surface area contributed by atoms with Gasteiger partial charge in [-0.05, 0) is 18.6 Å². The lowest BCUT2D eigenvalue weighted by Crippen LogP contribution is -2.29. The summed E-state index contributed by atoms with van der Waals surface area (Å²) < 4.78 is 1.50. The minimum absolute atomic E-state index is 0.0802. The van der Waals surface area contributed by atoms with E-state index in [1.54, 1.807) is 25.4 Å². The summed E-state index contributed by atoms with van der Waals surface area (Å²) in [4.78, 5) is 23.7. The first-order valence-electron chi connectivity index (χ1n) is 6.53. The molecule has 1 heterocycles. The Morgan fingerprint density at radius 1 is 1.25 bits per heavy atom. The van der Waals surface area contributed by atoms with Gasteiger partial charge in [0.2, 0.25) is 5.91 Å². The van der Waals surface area contributed by atoms with Gasteiger partial charge in [-0.15, -0.1) is 0 Å². The number of aryl methyl sites for hydroxylation is 2. The zero-order chi connectivity index (χ0) is 14.5. The summed E-state index contributed by atoms with van der Waals surface area (Å²) in [7, 11) is 1.69. The topological polar surface area (TPSA) is 51.1 Å². The zero-order valence-electron chi connectivity index (χ0n) is 11.7. The highest BCUT2D eigenvalue weighted by atomic mass is 16.1. The molecule has 0 saturated heterocycles. The summed E-state index contributed by atoms with van der Waals surface area (Å²) in [6.07, 6.45) is 2.02. The molecule has 4 heteroatoms. The van der Waals surface area contributed by atoms with Crippen LogP contribution in [0.3, 0.4) is 0 Å². The van der Waals surface area contributed by atoms with Gasteiger partial charge in [0.1, 0.15) is 0 Å². The molecule has 0 fully saturated rings. The van der Waals surface area contributed by atoms with E-state index < -0.39 is 0 Å². The number of carbonyl (C=O) groups is 1. The van der Waals surface area contributed by atoms with Crippen LogP contribution >= 0.6 is 0 Å². The van der Waals surface area contributed by atoms with Crippen molar-refractivity contribution in [3.63, 3.8) is 0 Å². The van der Waals surface area contributed by atoms with Crippen LogP contribution in [0.15, 0.2) is 47.4 Å². The molecule has 1 aromatic carbocycles. The number of amides is 1. The second kappa shape index (κ2) is 6.19. The number of nitrogens with one attached hydrogen (secondary N) is 1. The van der Waals surface area contributed by atoms with Crippen LogP contribution in [0.4, 0.5) is 0 Å². The minimum Gasteiger partial charge on any atom is -0.352 e. The molecule has 0 aliphatic heterocycles. The van der Waals surface area contributed by atoms with Gasteiger partial charge in [-0.2, -0.15) is 0 Å². The molecule has 104 valence electrons. The Labute approximate surface area is 118 Å². The van der Waals surface area contributed by atoms with Gasteiger partial charge < -0.3 is 9.88 Å². The summed E-state index contributed by atoms with van der Waals surface area (Å²) in [6, 6.07) is 11.4. The first kappa shape index (κ1) is 14.1. The number of hydrogen-bond donors (Lipinski definition) is 1. The quantitative estimate of drug-likeness (QED) is 0.916. The third-order valence-corrected chi connectivity index (χ3v) is 3.13. The molecule has 0 unspecified atom stereocenters. The second-order valence-electron chi connectivity index (χ2n) is 4.89. The van der Waals surface area contributed by atoms with E-state index in [0.717, 1.165) is 11.1 Å². The molecule has 0 atom stereocenters. The zero-order valence-corrected chi connectivity index (χ0v) is 11.7. The van der Waals surface area contributed by atoms with Crippen LogP contribution in [0.25, 0.3) is 0 Å². The van der Waals surface area contributed by atoms with Crippen molar-refractivity contribution in [2.24, 2.45) is 7.05 Å². The van der Waals surface area contributed by atoms with Gasteiger partial charge >= 0.3 is 0 Å². The summed E-state index contributed by atoms with van der Waals surface area (Å²) in [6.45, 7) is 2.26. The van der Waals surface area contributed by atoms with Gasteiger partial charge in [0.25, 0.3) is 5.56 Å². The molecule has 2 aromatic rings. The standard InChI is InChI=1S/C16H18N2O2/c1-12-5-3-6-13(9-12)10-15(19)17-11-14-7-4-8-18(2)16(14)20/h3-9H,10-11H2,1-2H3,(H,17,19). The summed E-state index contributed by atoms with van der Waals surface area (Å²) in [5.74, 6) is -0.0819. The fourth-order valence-corrected chi connectivity index (χ4v) is 2.05. The number of nitrogens with zero attached hydrogens (tertiary/aromatic N) is 1. The van der Waals surface area contributed by atoms with Crippen molar-refractivity contribution in [1.29, 1.82) is 0 Å². The van der Waals surface area contributed by atoms with E-state index in [1.807, 2.05) is 31.2 Å². The highest BCUT2D eigenvalue weighted by molar-refractivity contribution is 5.78. The summed E-state index contributed by atoms with van der Waals surface area (Å²) >= 11 is 0. The smallest absolute Gasteiger partial charge is 0.255 e. The van der Waals surface area contributed by atoms with E-state index in [9.17, 15) is 9.59 Å². The summed E-state index contributed by atoms with van der Waals surface area (Å²) in [5.41, 5.74) is 2.62. The van der Waals surface area contributed by atoms with Crippen LogP contribution in [0.5, 0.6) is 0 Å². The molecular formula is C16H18N2O2. The van der Waals surface area contributed by atoms with Crippen molar-refractivity contribution < 1.29 is 4.79 Å². The van der Waals surface area contributed by atoms with E-state index in [4.69, 9.17) is 0 Å². The highest BCUT2D eigenvalue weighted by Crippen LogP contribution is 2.04. The molecule has 1 N–H and O–H groups in total. The van der Waals surface area contributed by atoms with Gasteiger partial charge in [-0.1, -0.05) is 35.9 Å². The van der Waals surface area contributed by atoms with Crippen molar-refractivity contribution in [1.82, 2.24) is 9.88 Å². The molecule has 0 spiro atoms. The third kappa shape index (κ3) is 3.57. The van der Waals surface area contributed by atoms with E-state index in [2.05, 4.69) is 5.32 Å². The predicted octanol–water partition coefficient (Wildman–Crippen LogP) is 1.55. The largest absolute Gasteiger partial charge is 0.352 e. The van der Waals surface area contributed by atoms with Gasteiger partial charge in [-0.25, -0.2) is 0 Å². The SMILES string of the molecule is Cc1cccc(CC(=O)NCc2cccn(C)c2=O)c1. The number of pyridine rings is 1. The van der Waals surface area contributed by atoms with Crippen LogP contribution < -0.4 is 10.9 Å². The van der Waals surface area contributed by atoms with Crippen LogP contribution in [0, 0.1) is 6.92 Å². The monoisotopic (exact) mass is 270 g/mol. The Morgan fingerprint density at radius 2 is 2.05 bits per heavy atom. The lowest BCUT2D eigenvalue weighted by molar-refractivity contribution is -0.120. The minimum atomic E-state index is -0.0819. The third-order valence-electron chi connectivity index (χ3n) is 3.13. The molecule has 20 heavy (non-hydrogen) atoms. The first-order chi connectivity index (χ1) is 9.56. The Hall–Kier alpha value is -2.36. The maximum absolute atomic E-state index is 11.9. The molecule has 0 saturated carbocycles. The Balaban J connectivity index is 1.96. The number of carbonyl (C=O) groups excluding carboxylic acids is 1. The molecule has 2 rings (SSSR count). The molecule has 4 nitrogen and oxygen atoms in total. The van der Waals surface area contributed by atoms with Gasteiger partial charge in [0.05, 0.1) is 6.42 Å². The number of rotatable bonds is 4. The Bertz CT molecular complexity index is 674. The van der Waals surface area contributed by atoms with E-state index in [0.29, 0.717) is 12.0 Å². The van der Waals surface area contributed by atoms with Crippen molar-refractivity contribution >= 4 is 5.91 Å². The van der Waals surface area contributed by atoms with Crippen molar-refractivity contribution in [3.8, 4) is 0 Å². The van der Waals surface area contributed by atoms with E-state index >= 15 is 0 Å². The normalized spacial score (nSPS) is 10.3. The van der Waals surface area contributed by atoms with E-state index in [-0.39, 0.29) is 18.0 Å². The molecule has 1 amide bonds. The Kier molecular flexibility index (Phi) is 4.35. The first-order valence-corrected chi connectivity index (χ1v) is 6.53. The molecule has 0 bridgehead atoms. The number of benzene rings is 1. The average molecular weight is 270 g/mol. The molecule has 0 aliphatic rings. The average Bonchev–Trinajstić information content (AvgIpc) is 2.40. The predicted molar refractivity (Wildman–Crippen MR) is 78.4 cm³/mol. The maximum Gasteiger partial charge on any atom is 0.255 e. The van der Waals surface area contributed by atoms with Gasteiger partial charge in [0, 0.05) is 25.4 Å². The van der Waals surface area contributed by atoms with Crippen LogP contribution in [-0.4, -0.2) is 10.5 Å². The van der Waals surface area contributed by atoms with Gasteiger partial charge in [0.15, 0.2) is 0 Å². The maximum atomic E-state index is 11.9. The van der Waals surface area contributed by atoms with Crippen molar-refractivity contribution in [3.05, 3.63) is 69.6 Å². The van der Waals surface area contributed by atoms with Crippen molar-refractivity contribution in [2.75, 3.05) is 0 Å². The number of hydrogen-bond acceptors (Lipinski definition) is 2. The molecule has 0 radical (unpaired) electrons. The van der Waals surface area contributed by atoms with E-state index in [1.165, 1.54) is 4.57 Å². The number of aromatic nitrogens is 1. The summed E-state index contributed by atoms with van der Waals surface area (Å²) in [5, 5.41) is 2.78. The van der Waals surface area contributed by atoms with Crippen LogP contribution in [0.1, 0.15) is 16.7 Å². The second-order valence-corrected chi connectivity index (χ2v) is 4.89. The Morgan fingerprint density at radius 3 is 2.80 bits per heavy atom.